The molecular weight excluding hydrogens is 294 g/mol. The Morgan fingerprint density at radius 1 is 1.38 bits per heavy atom. The second-order valence-corrected chi connectivity index (χ2v) is 6.60. The summed E-state index contributed by atoms with van der Waals surface area (Å²) < 4.78 is 24.1. The van der Waals surface area contributed by atoms with E-state index in [4.69, 9.17) is 5.26 Å². The average molecular weight is 311 g/mol. The lowest BCUT2D eigenvalue weighted by molar-refractivity contribution is -0.384. The van der Waals surface area contributed by atoms with Gasteiger partial charge in [-0.05, 0) is 18.6 Å². The van der Waals surface area contributed by atoms with E-state index in [9.17, 15) is 18.5 Å². The molecule has 0 aliphatic rings. The fourth-order valence-corrected chi connectivity index (χ4v) is 2.93. The molecule has 0 aliphatic heterocycles. The number of nitrogens with one attached hydrogen (secondary N) is 1. The number of nitro benzene ring substituents is 1. The van der Waals surface area contributed by atoms with Crippen molar-refractivity contribution in [3.63, 3.8) is 0 Å². The smallest absolute Gasteiger partial charge is 0.269 e. The second-order valence-electron chi connectivity index (χ2n) is 4.49. The highest BCUT2D eigenvalue weighted by molar-refractivity contribution is 7.91. The van der Waals surface area contributed by atoms with E-state index in [1.807, 2.05) is 13.0 Å². The van der Waals surface area contributed by atoms with Crippen molar-refractivity contribution < 1.29 is 13.3 Å². The van der Waals surface area contributed by atoms with E-state index in [0.717, 1.165) is 6.42 Å². The molecule has 0 saturated carbocycles. The summed E-state index contributed by atoms with van der Waals surface area (Å²) in [6.45, 7) is 2.15. The van der Waals surface area contributed by atoms with E-state index < -0.39 is 14.8 Å². The molecule has 8 heteroatoms. The maximum absolute atomic E-state index is 12.1. The van der Waals surface area contributed by atoms with Gasteiger partial charge in [-0.1, -0.05) is 6.92 Å². The van der Waals surface area contributed by atoms with Crippen LogP contribution in [0.5, 0.6) is 0 Å². The molecule has 0 saturated heterocycles. The van der Waals surface area contributed by atoms with Gasteiger partial charge in [0.15, 0.2) is 9.84 Å². The van der Waals surface area contributed by atoms with Crippen LogP contribution in [-0.4, -0.2) is 31.7 Å². The number of nitrogens with zero attached hydrogens (tertiary/aromatic N) is 2. The van der Waals surface area contributed by atoms with Crippen LogP contribution in [0.2, 0.25) is 0 Å². The zero-order valence-electron chi connectivity index (χ0n) is 11.7. The number of benzene rings is 1. The monoisotopic (exact) mass is 311 g/mol. The molecule has 0 fully saturated rings. The molecule has 1 aromatic rings. The highest BCUT2D eigenvalue weighted by atomic mass is 32.2. The summed E-state index contributed by atoms with van der Waals surface area (Å²) in [6.07, 6.45) is 1.07. The average Bonchev–Trinajstić information content (AvgIpc) is 2.46. The lowest BCUT2D eigenvalue weighted by Gasteiger charge is -2.13. The van der Waals surface area contributed by atoms with E-state index in [2.05, 4.69) is 5.32 Å². The van der Waals surface area contributed by atoms with Crippen molar-refractivity contribution >= 4 is 15.5 Å². The second kappa shape index (κ2) is 7.71. The Kier molecular flexibility index (Phi) is 6.27. The highest BCUT2D eigenvalue weighted by Crippen LogP contribution is 2.16. The van der Waals surface area contributed by atoms with Gasteiger partial charge < -0.3 is 5.32 Å². The quantitative estimate of drug-likeness (QED) is 0.577. The first-order chi connectivity index (χ1) is 9.90. The van der Waals surface area contributed by atoms with Crippen LogP contribution < -0.4 is 5.32 Å². The predicted molar refractivity (Wildman–Crippen MR) is 77.5 cm³/mol. The van der Waals surface area contributed by atoms with E-state index in [-0.39, 0.29) is 28.9 Å². The van der Waals surface area contributed by atoms with Gasteiger partial charge in [0, 0.05) is 24.7 Å². The molecule has 0 unspecified atom stereocenters. The largest absolute Gasteiger partial charge is 0.312 e. The fraction of sp³-hybridized carbons (Fsp3) is 0.462. The molecule has 0 bridgehead atoms. The number of hydrogen-bond donors (Lipinski definition) is 1. The summed E-state index contributed by atoms with van der Waals surface area (Å²) >= 11 is 0. The SMILES string of the molecule is CC[C@@H](CC#N)NCCS(=O)(=O)c1ccc([N+](=O)[O-])cc1. The minimum atomic E-state index is -3.49. The summed E-state index contributed by atoms with van der Waals surface area (Å²) in [5, 5.41) is 22.2. The summed E-state index contributed by atoms with van der Waals surface area (Å²) in [6, 6.07) is 6.83. The third-order valence-electron chi connectivity index (χ3n) is 3.04. The topological polar surface area (TPSA) is 113 Å². The molecule has 0 aromatic heterocycles. The first-order valence-corrected chi connectivity index (χ1v) is 8.13. The molecule has 7 nitrogen and oxygen atoms in total. The van der Waals surface area contributed by atoms with E-state index in [1.165, 1.54) is 24.3 Å². The van der Waals surface area contributed by atoms with Crippen LogP contribution in [0.1, 0.15) is 19.8 Å². The zero-order chi connectivity index (χ0) is 15.9. The van der Waals surface area contributed by atoms with Gasteiger partial charge in [0.25, 0.3) is 5.69 Å². The molecule has 1 atom stereocenters. The third kappa shape index (κ3) is 5.13. The Bertz CT molecular complexity index is 620. The number of hydrogen-bond acceptors (Lipinski definition) is 6. The Hall–Kier alpha value is -1.98. The van der Waals surface area contributed by atoms with Crippen LogP contribution >= 0.6 is 0 Å². The van der Waals surface area contributed by atoms with Gasteiger partial charge in [0.2, 0.25) is 0 Å². The maximum atomic E-state index is 12.1. The molecule has 1 aromatic carbocycles. The van der Waals surface area contributed by atoms with Crippen LogP contribution in [0, 0.1) is 21.4 Å². The summed E-state index contributed by atoms with van der Waals surface area (Å²) in [5.74, 6) is -0.118. The van der Waals surface area contributed by atoms with Gasteiger partial charge in [0.1, 0.15) is 0 Å². The van der Waals surface area contributed by atoms with Crippen molar-refractivity contribution in [1.29, 1.82) is 5.26 Å². The Balaban J connectivity index is 2.65. The van der Waals surface area contributed by atoms with Crippen molar-refractivity contribution in [1.82, 2.24) is 5.32 Å². The van der Waals surface area contributed by atoms with Crippen LogP contribution in [0.4, 0.5) is 5.69 Å². The number of non-ortho nitro benzene ring substituents is 1. The Morgan fingerprint density at radius 2 is 2.00 bits per heavy atom. The van der Waals surface area contributed by atoms with Crippen LogP contribution in [0.15, 0.2) is 29.2 Å². The van der Waals surface area contributed by atoms with Crippen molar-refractivity contribution in [2.45, 2.75) is 30.7 Å². The number of rotatable bonds is 8. The molecule has 1 N–H and O–H groups in total. The highest BCUT2D eigenvalue weighted by Gasteiger charge is 2.16. The minimum Gasteiger partial charge on any atom is -0.312 e. The zero-order valence-corrected chi connectivity index (χ0v) is 12.5. The van der Waals surface area contributed by atoms with Gasteiger partial charge in [-0.25, -0.2) is 8.42 Å². The standard InChI is InChI=1S/C13H17N3O4S/c1-2-11(7-8-14)15-9-10-21(19,20)13-5-3-12(4-6-13)16(17)18/h3-6,11,15H,2,7,9-10H2,1H3/t11-/m0/s1. The molecule has 114 valence electrons. The van der Waals surface area contributed by atoms with E-state index >= 15 is 0 Å². The molecule has 0 amide bonds. The molecule has 0 aliphatic carbocycles. The summed E-state index contributed by atoms with van der Waals surface area (Å²) in [4.78, 5) is 10.0. The number of sulfone groups is 1. The first kappa shape index (κ1) is 17.1. The first-order valence-electron chi connectivity index (χ1n) is 6.48. The van der Waals surface area contributed by atoms with Crippen LogP contribution in [0.25, 0.3) is 0 Å². The molecular formula is C13H17N3O4S. The van der Waals surface area contributed by atoms with Crippen molar-refractivity contribution in [3.05, 3.63) is 34.4 Å². The normalized spacial score (nSPS) is 12.6. The third-order valence-corrected chi connectivity index (χ3v) is 4.77. The van der Waals surface area contributed by atoms with Gasteiger partial charge in [-0.15, -0.1) is 0 Å². The number of nitro groups is 1. The number of nitriles is 1. The molecule has 0 heterocycles. The van der Waals surface area contributed by atoms with Crippen molar-refractivity contribution in [3.8, 4) is 6.07 Å². The van der Waals surface area contributed by atoms with Gasteiger partial charge >= 0.3 is 0 Å². The Labute approximate surface area is 123 Å². The minimum absolute atomic E-state index is 0.0259. The van der Waals surface area contributed by atoms with Crippen LogP contribution in [0.3, 0.4) is 0 Å². The predicted octanol–water partition coefficient (Wildman–Crippen LogP) is 1.65. The summed E-state index contributed by atoms with van der Waals surface area (Å²) in [5.41, 5.74) is -0.146. The molecule has 0 radical (unpaired) electrons. The fourth-order valence-electron chi connectivity index (χ4n) is 1.76. The van der Waals surface area contributed by atoms with E-state index in [1.54, 1.807) is 0 Å². The lowest BCUT2D eigenvalue weighted by Crippen LogP contribution is -2.32. The molecule has 0 spiro atoms. The lowest BCUT2D eigenvalue weighted by atomic mass is 10.2. The van der Waals surface area contributed by atoms with Gasteiger partial charge in [0.05, 0.1) is 28.1 Å². The maximum Gasteiger partial charge on any atom is 0.269 e. The van der Waals surface area contributed by atoms with Crippen LogP contribution in [-0.2, 0) is 9.84 Å². The summed E-state index contributed by atoms with van der Waals surface area (Å²) in [7, 11) is -3.49. The Morgan fingerprint density at radius 3 is 2.48 bits per heavy atom. The van der Waals surface area contributed by atoms with Crippen molar-refractivity contribution in [2.24, 2.45) is 0 Å². The van der Waals surface area contributed by atoms with E-state index in [0.29, 0.717) is 6.42 Å². The molecule has 1 rings (SSSR count). The van der Waals surface area contributed by atoms with Gasteiger partial charge in [-0.3, -0.25) is 10.1 Å². The van der Waals surface area contributed by atoms with Gasteiger partial charge in [-0.2, -0.15) is 5.26 Å². The molecule has 21 heavy (non-hydrogen) atoms. The van der Waals surface area contributed by atoms with Crippen molar-refractivity contribution in [2.75, 3.05) is 12.3 Å².